The van der Waals surface area contributed by atoms with Crippen molar-refractivity contribution < 1.29 is 33.4 Å². The van der Waals surface area contributed by atoms with Gasteiger partial charge in [-0.2, -0.15) is 0 Å². The monoisotopic (exact) mass is 658 g/mol. The van der Waals surface area contributed by atoms with Gasteiger partial charge >= 0.3 is 0 Å². The van der Waals surface area contributed by atoms with Gasteiger partial charge in [-0.05, 0) is 87.2 Å². The van der Waals surface area contributed by atoms with Crippen LogP contribution in [0, 0.1) is 6.92 Å². The standard InChI is InChI=1S/C37H46N4O7/c1-26-13-16-31(34(24-26)48-22-8-4-5-12-35(43)41-20-17-28(42)18-21-41)40(2)37(45)27-14-15-30(33(25-27)46-3)39-36(44)29-10-6-7-11-32(29)47-23-9-19-38/h6-7,10-11,13-16,24-25H,4-5,8-9,12,17-23,38H2,1-3H3,(H,39,44). The number of methoxy groups -OCH3 is 1. The maximum absolute atomic E-state index is 13.7. The van der Waals surface area contributed by atoms with Crippen molar-refractivity contribution in [1.29, 1.82) is 0 Å². The van der Waals surface area contributed by atoms with E-state index < -0.39 is 0 Å². The summed E-state index contributed by atoms with van der Waals surface area (Å²) in [5.74, 6) is 1.04. The van der Waals surface area contributed by atoms with Gasteiger partial charge in [-0.3, -0.25) is 19.2 Å². The van der Waals surface area contributed by atoms with Crippen LogP contribution in [0.25, 0.3) is 0 Å². The lowest BCUT2D eigenvalue weighted by molar-refractivity contribution is -0.134. The number of nitrogens with one attached hydrogen (secondary N) is 1. The van der Waals surface area contributed by atoms with Crippen LogP contribution < -0.4 is 30.2 Å². The van der Waals surface area contributed by atoms with Crippen LogP contribution in [0.5, 0.6) is 17.2 Å². The summed E-state index contributed by atoms with van der Waals surface area (Å²) in [5, 5.41) is 2.87. The Morgan fingerprint density at radius 1 is 0.875 bits per heavy atom. The van der Waals surface area contributed by atoms with Gasteiger partial charge in [0.1, 0.15) is 23.0 Å². The lowest BCUT2D eigenvalue weighted by Gasteiger charge is -2.26. The van der Waals surface area contributed by atoms with Gasteiger partial charge in [0.2, 0.25) is 5.91 Å². The topological polar surface area (TPSA) is 140 Å². The SMILES string of the molecule is COc1cc(C(=O)N(C)c2ccc(C)cc2OCCCCCC(=O)N2CCC(=O)CC2)ccc1NC(=O)c1ccccc1OCCCN. The number of carbonyl (C=O) groups is 4. The summed E-state index contributed by atoms with van der Waals surface area (Å²) in [6.45, 7) is 4.33. The number of benzene rings is 3. The van der Waals surface area contributed by atoms with Gasteiger partial charge in [-0.15, -0.1) is 0 Å². The molecule has 0 aliphatic carbocycles. The van der Waals surface area contributed by atoms with Crippen LogP contribution in [-0.4, -0.2) is 75.4 Å². The summed E-state index contributed by atoms with van der Waals surface area (Å²) >= 11 is 0. The molecule has 0 radical (unpaired) electrons. The number of ether oxygens (including phenoxy) is 3. The Balaban J connectivity index is 1.35. The number of hydrogen-bond acceptors (Lipinski definition) is 8. The van der Waals surface area contributed by atoms with E-state index in [0.717, 1.165) is 24.8 Å². The summed E-state index contributed by atoms with van der Waals surface area (Å²) in [6.07, 6.45) is 4.36. The molecule has 0 aromatic heterocycles. The first-order valence-corrected chi connectivity index (χ1v) is 16.4. The van der Waals surface area contributed by atoms with Crippen LogP contribution in [0.3, 0.4) is 0 Å². The highest BCUT2D eigenvalue weighted by Gasteiger charge is 2.22. The van der Waals surface area contributed by atoms with E-state index in [4.69, 9.17) is 19.9 Å². The molecule has 4 rings (SSSR count). The number of ketones is 1. The normalized spacial score (nSPS) is 12.8. The Morgan fingerprint density at radius 2 is 1.60 bits per heavy atom. The Hall–Kier alpha value is -4.90. The molecular weight excluding hydrogens is 612 g/mol. The van der Waals surface area contributed by atoms with Gasteiger partial charge in [0.15, 0.2) is 0 Å². The molecule has 0 atom stereocenters. The van der Waals surface area contributed by atoms with E-state index in [1.54, 1.807) is 54.4 Å². The fraction of sp³-hybridized carbons (Fsp3) is 0.405. The third kappa shape index (κ3) is 9.80. The molecular formula is C37H46N4O7. The molecule has 256 valence electrons. The molecule has 0 unspecified atom stereocenters. The second kappa shape index (κ2) is 17.9. The van der Waals surface area contributed by atoms with Crippen LogP contribution >= 0.6 is 0 Å². The lowest BCUT2D eigenvalue weighted by Crippen LogP contribution is -2.38. The largest absolute Gasteiger partial charge is 0.495 e. The van der Waals surface area contributed by atoms with Crippen molar-refractivity contribution >= 4 is 34.9 Å². The molecule has 1 heterocycles. The van der Waals surface area contributed by atoms with E-state index >= 15 is 0 Å². The predicted octanol–water partition coefficient (Wildman–Crippen LogP) is 5.39. The van der Waals surface area contributed by atoms with Crippen molar-refractivity contribution in [2.45, 2.75) is 51.9 Å². The van der Waals surface area contributed by atoms with Crippen LogP contribution in [0.1, 0.15) is 71.2 Å². The fourth-order valence-corrected chi connectivity index (χ4v) is 5.38. The molecule has 1 aliphatic rings. The number of aryl methyl sites for hydroxylation is 1. The third-order valence-corrected chi connectivity index (χ3v) is 8.18. The molecule has 1 aliphatic heterocycles. The molecule has 1 saturated heterocycles. The van der Waals surface area contributed by atoms with Crippen LogP contribution in [-0.2, 0) is 9.59 Å². The van der Waals surface area contributed by atoms with Crippen molar-refractivity contribution in [3.05, 3.63) is 77.4 Å². The van der Waals surface area contributed by atoms with Crippen molar-refractivity contribution in [2.75, 3.05) is 57.2 Å². The molecule has 0 spiro atoms. The number of rotatable bonds is 16. The predicted molar refractivity (Wildman–Crippen MR) is 185 cm³/mol. The van der Waals surface area contributed by atoms with Gasteiger partial charge in [0.25, 0.3) is 11.8 Å². The Labute approximate surface area is 282 Å². The Morgan fingerprint density at radius 3 is 2.35 bits per heavy atom. The number of nitrogens with zero attached hydrogens (tertiary/aromatic N) is 2. The number of unbranched alkanes of at least 4 members (excludes halogenated alkanes) is 2. The van der Waals surface area contributed by atoms with E-state index in [2.05, 4.69) is 5.32 Å². The maximum atomic E-state index is 13.7. The van der Waals surface area contributed by atoms with Gasteiger partial charge < -0.3 is 35.1 Å². The highest BCUT2D eigenvalue weighted by Crippen LogP contribution is 2.32. The lowest BCUT2D eigenvalue weighted by atomic mass is 10.1. The van der Waals surface area contributed by atoms with Crippen molar-refractivity contribution in [1.82, 2.24) is 4.90 Å². The van der Waals surface area contributed by atoms with Crippen LogP contribution in [0.4, 0.5) is 11.4 Å². The summed E-state index contributed by atoms with van der Waals surface area (Å²) in [5.41, 5.74) is 8.31. The van der Waals surface area contributed by atoms with E-state index in [9.17, 15) is 19.2 Å². The summed E-state index contributed by atoms with van der Waals surface area (Å²) in [7, 11) is 3.16. The minimum Gasteiger partial charge on any atom is -0.495 e. The molecule has 3 N–H and O–H groups in total. The molecule has 3 aromatic carbocycles. The average Bonchev–Trinajstić information content (AvgIpc) is 3.09. The maximum Gasteiger partial charge on any atom is 0.259 e. The van der Waals surface area contributed by atoms with E-state index in [1.165, 1.54) is 12.0 Å². The number of anilines is 2. The molecule has 3 aromatic rings. The summed E-state index contributed by atoms with van der Waals surface area (Å²) in [4.78, 5) is 54.0. The zero-order valence-electron chi connectivity index (χ0n) is 28.1. The number of para-hydroxylation sites is 1. The molecule has 1 fully saturated rings. The van der Waals surface area contributed by atoms with Crippen molar-refractivity contribution in [3.63, 3.8) is 0 Å². The molecule has 0 bridgehead atoms. The van der Waals surface area contributed by atoms with Gasteiger partial charge in [0.05, 0.1) is 37.3 Å². The van der Waals surface area contributed by atoms with Gasteiger partial charge in [-0.1, -0.05) is 18.2 Å². The minimum atomic E-state index is -0.374. The minimum absolute atomic E-state index is 0.102. The van der Waals surface area contributed by atoms with Gasteiger partial charge in [-0.25, -0.2) is 0 Å². The van der Waals surface area contributed by atoms with E-state index in [0.29, 0.717) is 98.3 Å². The van der Waals surface area contributed by atoms with Crippen molar-refractivity contribution in [2.24, 2.45) is 5.73 Å². The first-order chi connectivity index (χ1) is 23.2. The molecule has 3 amide bonds. The number of hydrogen-bond donors (Lipinski definition) is 2. The number of nitrogens with two attached hydrogens (primary N) is 1. The van der Waals surface area contributed by atoms with Crippen LogP contribution in [0.15, 0.2) is 60.7 Å². The highest BCUT2D eigenvalue weighted by molar-refractivity contribution is 6.09. The Bertz CT molecular complexity index is 1580. The zero-order valence-corrected chi connectivity index (χ0v) is 28.1. The third-order valence-electron chi connectivity index (χ3n) is 8.18. The number of likely N-dealkylation sites (tertiary alicyclic amines) is 1. The zero-order chi connectivity index (χ0) is 34.5. The summed E-state index contributed by atoms with van der Waals surface area (Å²) < 4.78 is 17.4. The van der Waals surface area contributed by atoms with Gasteiger partial charge in [0, 0.05) is 45.0 Å². The molecule has 48 heavy (non-hydrogen) atoms. The number of Topliss-reactive ketones (excluding diaryl/α,β-unsaturated/α-hetero) is 1. The Kier molecular flexibility index (Phi) is 13.4. The molecule has 0 saturated carbocycles. The van der Waals surface area contributed by atoms with E-state index in [-0.39, 0.29) is 23.5 Å². The van der Waals surface area contributed by atoms with Crippen molar-refractivity contribution in [3.8, 4) is 17.2 Å². The van der Waals surface area contributed by atoms with E-state index in [1.807, 2.05) is 25.1 Å². The first kappa shape index (κ1) is 35.9. The number of carbonyl (C=O) groups excluding carboxylic acids is 4. The van der Waals surface area contributed by atoms with Crippen LogP contribution in [0.2, 0.25) is 0 Å². The first-order valence-electron chi connectivity index (χ1n) is 16.4. The molecule has 11 nitrogen and oxygen atoms in total. The average molecular weight is 659 g/mol. The number of piperidine rings is 1. The smallest absolute Gasteiger partial charge is 0.259 e. The second-order valence-corrected chi connectivity index (χ2v) is 11.8. The second-order valence-electron chi connectivity index (χ2n) is 11.8. The summed E-state index contributed by atoms with van der Waals surface area (Å²) in [6, 6.07) is 17.5. The quantitative estimate of drug-likeness (QED) is 0.195. The number of amides is 3. The highest BCUT2D eigenvalue weighted by atomic mass is 16.5. The molecule has 11 heteroatoms. The fourth-order valence-electron chi connectivity index (χ4n) is 5.38.